The van der Waals surface area contributed by atoms with Crippen molar-refractivity contribution < 1.29 is 0 Å². The van der Waals surface area contributed by atoms with Gasteiger partial charge in [0, 0.05) is 10.4 Å². The first-order valence-electron chi connectivity index (χ1n) is 3.46. The molecule has 1 aromatic rings. The van der Waals surface area contributed by atoms with E-state index in [-0.39, 0.29) is 5.56 Å². The monoisotopic (exact) mass is 187 g/mol. The molecular formula is C7H6ClNOS. The Hall–Kier alpha value is -0.410. The first-order chi connectivity index (χ1) is 5.27. The van der Waals surface area contributed by atoms with Crippen molar-refractivity contribution in [2.75, 3.05) is 0 Å². The van der Waals surface area contributed by atoms with Crippen molar-refractivity contribution in [3.63, 3.8) is 0 Å². The lowest BCUT2D eigenvalue weighted by Gasteiger charge is -1.93. The van der Waals surface area contributed by atoms with Crippen molar-refractivity contribution in [1.29, 1.82) is 0 Å². The average molecular weight is 188 g/mol. The van der Waals surface area contributed by atoms with Gasteiger partial charge in [-0.25, -0.2) is 0 Å². The van der Waals surface area contributed by atoms with Gasteiger partial charge in [0.1, 0.15) is 0 Å². The maximum absolute atomic E-state index is 11.1. The molecule has 0 fully saturated rings. The third-order valence-corrected chi connectivity index (χ3v) is 3.09. The molecule has 0 aliphatic heterocycles. The molecule has 1 aliphatic rings. The largest absolute Gasteiger partial charge is 0.276 e. The van der Waals surface area contributed by atoms with Gasteiger partial charge in [0.05, 0.1) is 0 Å². The Labute approximate surface area is 72.9 Å². The van der Waals surface area contributed by atoms with Crippen LogP contribution in [0.15, 0.2) is 4.79 Å². The first kappa shape index (κ1) is 7.25. The minimum atomic E-state index is -0.124. The number of fused-ring (bicyclic) bond motifs is 1. The van der Waals surface area contributed by atoms with E-state index >= 15 is 0 Å². The van der Waals surface area contributed by atoms with Gasteiger partial charge >= 0.3 is 0 Å². The van der Waals surface area contributed by atoms with E-state index in [0.29, 0.717) is 4.47 Å². The molecule has 58 valence electrons. The van der Waals surface area contributed by atoms with E-state index in [1.54, 1.807) is 0 Å². The number of rotatable bonds is 0. The van der Waals surface area contributed by atoms with E-state index in [4.69, 9.17) is 11.6 Å². The Bertz CT molecular complexity index is 347. The number of aryl methyl sites for hydroxylation is 1. The molecule has 0 unspecified atom stereocenters. The maximum Gasteiger partial charge on any atom is 0.276 e. The van der Waals surface area contributed by atoms with E-state index in [0.717, 1.165) is 29.7 Å². The molecule has 0 bridgehead atoms. The molecule has 11 heavy (non-hydrogen) atoms. The van der Waals surface area contributed by atoms with Crippen LogP contribution in [-0.2, 0) is 12.8 Å². The van der Waals surface area contributed by atoms with E-state index in [2.05, 4.69) is 4.98 Å². The van der Waals surface area contributed by atoms with E-state index in [1.807, 2.05) is 0 Å². The molecule has 1 aromatic heterocycles. The summed E-state index contributed by atoms with van der Waals surface area (Å²) in [6.45, 7) is 0. The van der Waals surface area contributed by atoms with Crippen molar-refractivity contribution in [3.8, 4) is 0 Å². The van der Waals surface area contributed by atoms with Gasteiger partial charge in [-0.05, 0) is 19.3 Å². The Kier molecular flexibility index (Phi) is 1.69. The summed E-state index contributed by atoms with van der Waals surface area (Å²) in [5.41, 5.74) is 0.764. The van der Waals surface area contributed by atoms with Gasteiger partial charge in [-0.2, -0.15) is 4.98 Å². The molecule has 1 aliphatic carbocycles. The molecule has 0 atom stereocenters. The average Bonchev–Trinajstić information content (AvgIpc) is 2.34. The maximum atomic E-state index is 11.1. The van der Waals surface area contributed by atoms with Crippen LogP contribution in [0.1, 0.15) is 16.9 Å². The molecule has 0 amide bonds. The van der Waals surface area contributed by atoms with Gasteiger partial charge in [-0.1, -0.05) is 11.6 Å². The van der Waals surface area contributed by atoms with E-state index in [1.165, 1.54) is 11.3 Å². The number of aromatic nitrogens is 1. The normalized spacial score (nSPS) is 15.0. The molecule has 0 N–H and O–H groups in total. The van der Waals surface area contributed by atoms with Crippen LogP contribution < -0.4 is 5.56 Å². The van der Waals surface area contributed by atoms with Crippen molar-refractivity contribution in [1.82, 2.24) is 4.98 Å². The lowest BCUT2D eigenvalue weighted by atomic mass is 10.3. The third kappa shape index (κ3) is 1.19. The van der Waals surface area contributed by atoms with Crippen LogP contribution in [0.2, 0.25) is 4.47 Å². The number of nitrogens with zero attached hydrogens (tertiary/aromatic N) is 1. The zero-order chi connectivity index (χ0) is 7.84. The second-order valence-corrected chi connectivity index (χ2v) is 4.19. The van der Waals surface area contributed by atoms with Crippen LogP contribution in [0.3, 0.4) is 0 Å². The van der Waals surface area contributed by atoms with Gasteiger partial charge in [0.2, 0.25) is 0 Å². The molecule has 0 saturated heterocycles. The second-order valence-electron chi connectivity index (χ2n) is 2.53. The summed E-state index contributed by atoms with van der Waals surface area (Å²) in [5, 5.41) is 0. The van der Waals surface area contributed by atoms with Crippen LogP contribution in [0.4, 0.5) is 0 Å². The Morgan fingerprint density at radius 1 is 1.45 bits per heavy atom. The Morgan fingerprint density at radius 3 is 3.09 bits per heavy atom. The molecule has 0 spiro atoms. The Morgan fingerprint density at radius 2 is 2.27 bits per heavy atom. The van der Waals surface area contributed by atoms with Gasteiger partial charge in [0.15, 0.2) is 4.47 Å². The van der Waals surface area contributed by atoms with Gasteiger partial charge in [0.25, 0.3) is 5.56 Å². The smallest absolute Gasteiger partial charge is 0.267 e. The highest BCUT2D eigenvalue weighted by atomic mass is 35.5. The summed E-state index contributed by atoms with van der Waals surface area (Å²) in [7, 11) is 0. The molecule has 0 radical (unpaired) electrons. The summed E-state index contributed by atoms with van der Waals surface area (Å²) in [4.78, 5) is 16.0. The molecule has 0 saturated carbocycles. The lowest BCUT2D eigenvalue weighted by molar-refractivity contribution is 0.910. The number of hydrogen-bond acceptors (Lipinski definition) is 3. The molecule has 0 aromatic carbocycles. The summed E-state index contributed by atoms with van der Waals surface area (Å²) in [6.07, 6.45) is 2.95. The van der Waals surface area contributed by atoms with E-state index in [9.17, 15) is 4.79 Å². The fourth-order valence-electron chi connectivity index (χ4n) is 1.33. The number of hydrogen-bond donors (Lipinski definition) is 0. The van der Waals surface area contributed by atoms with Crippen LogP contribution in [0.5, 0.6) is 0 Å². The second kappa shape index (κ2) is 2.57. The zero-order valence-electron chi connectivity index (χ0n) is 5.76. The van der Waals surface area contributed by atoms with Crippen molar-refractivity contribution >= 4 is 22.9 Å². The van der Waals surface area contributed by atoms with Gasteiger partial charge in [-0.3, -0.25) is 4.79 Å². The summed E-state index contributed by atoms with van der Waals surface area (Å²) < 4.78 is 0.371. The fourth-order valence-corrected chi connectivity index (χ4v) is 2.57. The molecular weight excluding hydrogens is 182 g/mol. The zero-order valence-corrected chi connectivity index (χ0v) is 7.34. The minimum absolute atomic E-state index is 0.124. The quantitative estimate of drug-likeness (QED) is 0.618. The third-order valence-electron chi connectivity index (χ3n) is 1.82. The van der Waals surface area contributed by atoms with Crippen molar-refractivity contribution in [2.45, 2.75) is 19.3 Å². The standard InChI is InChI=1S/C7H6ClNOS/c8-7-9-6(10)4-2-1-3-5(4)11-7/h1-3H2. The highest BCUT2D eigenvalue weighted by molar-refractivity contribution is 7.15. The fraction of sp³-hybridized carbons (Fsp3) is 0.429. The molecule has 2 rings (SSSR count). The highest BCUT2D eigenvalue weighted by Crippen LogP contribution is 2.25. The SMILES string of the molecule is O=c1nc(Cl)sc2c1CCC2. The number of halogens is 1. The summed E-state index contributed by atoms with van der Waals surface area (Å²) in [6, 6.07) is 0. The van der Waals surface area contributed by atoms with Crippen LogP contribution in [0.25, 0.3) is 0 Å². The summed E-state index contributed by atoms with van der Waals surface area (Å²) >= 11 is 7.07. The van der Waals surface area contributed by atoms with Crippen LogP contribution >= 0.6 is 22.9 Å². The predicted molar refractivity (Wildman–Crippen MR) is 45.4 cm³/mol. The molecule has 2 nitrogen and oxygen atoms in total. The van der Waals surface area contributed by atoms with Crippen molar-refractivity contribution in [3.05, 3.63) is 25.3 Å². The Balaban J connectivity index is 2.70. The van der Waals surface area contributed by atoms with Gasteiger partial charge < -0.3 is 0 Å². The summed E-state index contributed by atoms with van der Waals surface area (Å²) in [5.74, 6) is 0. The highest BCUT2D eigenvalue weighted by Gasteiger charge is 2.16. The van der Waals surface area contributed by atoms with Crippen molar-refractivity contribution in [2.24, 2.45) is 0 Å². The molecule has 4 heteroatoms. The topological polar surface area (TPSA) is 30.0 Å². The first-order valence-corrected chi connectivity index (χ1v) is 4.65. The van der Waals surface area contributed by atoms with E-state index < -0.39 is 0 Å². The molecule has 1 heterocycles. The van der Waals surface area contributed by atoms with Crippen LogP contribution in [0, 0.1) is 0 Å². The lowest BCUT2D eigenvalue weighted by Crippen LogP contribution is -2.10. The van der Waals surface area contributed by atoms with Gasteiger partial charge in [-0.15, -0.1) is 11.3 Å². The predicted octanol–water partition coefficient (Wildman–Crippen LogP) is 1.65. The van der Waals surface area contributed by atoms with Crippen LogP contribution in [-0.4, -0.2) is 4.98 Å². The minimum Gasteiger partial charge on any atom is -0.267 e.